The molecule has 0 bridgehead atoms. The van der Waals surface area contributed by atoms with Crippen molar-refractivity contribution in [1.29, 1.82) is 0 Å². The fraction of sp³-hybridized carbons (Fsp3) is 0.409. The van der Waals surface area contributed by atoms with E-state index in [9.17, 15) is 4.39 Å². The first-order chi connectivity index (χ1) is 15.1. The van der Waals surface area contributed by atoms with Crippen LogP contribution in [0.1, 0.15) is 23.0 Å². The van der Waals surface area contributed by atoms with E-state index in [0.717, 1.165) is 48.8 Å². The summed E-state index contributed by atoms with van der Waals surface area (Å²) >= 11 is 0. The van der Waals surface area contributed by atoms with E-state index >= 15 is 0 Å². The number of hydrogen-bond acceptors (Lipinski definition) is 7. The van der Waals surface area contributed by atoms with Crippen molar-refractivity contribution in [2.45, 2.75) is 12.6 Å². The van der Waals surface area contributed by atoms with Gasteiger partial charge in [0.25, 0.3) is 0 Å². The van der Waals surface area contributed by atoms with E-state index in [4.69, 9.17) is 9.47 Å². The third-order valence-corrected chi connectivity index (χ3v) is 5.68. The minimum atomic E-state index is -0.267. The quantitative estimate of drug-likeness (QED) is 0.574. The molecule has 0 saturated carbocycles. The molecule has 9 heteroatoms. The van der Waals surface area contributed by atoms with Crippen molar-refractivity contribution in [3.63, 3.8) is 0 Å². The van der Waals surface area contributed by atoms with Crippen molar-refractivity contribution in [3.8, 4) is 11.5 Å². The molecule has 4 rings (SSSR count). The van der Waals surface area contributed by atoms with Crippen LogP contribution in [0.2, 0.25) is 0 Å². The van der Waals surface area contributed by atoms with E-state index in [0.29, 0.717) is 12.4 Å². The number of aromatic nitrogens is 4. The first-order valence-electron chi connectivity index (χ1n) is 10.2. The Bertz CT molecular complexity index is 1000. The van der Waals surface area contributed by atoms with Crippen molar-refractivity contribution in [1.82, 2.24) is 30.0 Å². The molecule has 2 heterocycles. The van der Waals surface area contributed by atoms with Crippen LogP contribution in [0.25, 0.3) is 0 Å². The van der Waals surface area contributed by atoms with Gasteiger partial charge in [-0.2, -0.15) is 0 Å². The highest BCUT2D eigenvalue weighted by atomic mass is 19.1. The minimum Gasteiger partial charge on any atom is -0.497 e. The predicted molar refractivity (Wildman–Crippen MR) is 114 cm³/mol. The topological polar surface area (TPSA) is 68.5 Å². The number of methoxy groups -OCH3 is 2. The highest BCUT2D eigenvalue weighted by Crippen LogP contribution is 2.36. The molecular formula is C22H27FN6O2. The van der Waals surface area contributed by atoms with Crippen LogP contribution < -0.4 is 9.47 Å². The van der Waals surface area contributed by atoms with E-state index in [1.807, 2.05) is 18.2 Å². The van der Waals surface area contributed by atoms with Gasteiger partial charge in [-0.3, -0.25) is 4.90 Å². The monoisotopic (exact) mass is 426 g/mol. The maximum absolute atomic E-state index is 13.3. The molecule has 0 aliphatic carbocycles. The van der Waals surface area contributed by atoms with Crippen LogP contribution in [-0.4, -0.2) is 77.5 Å². The van der Waals surface area contributed by atoms with Crippen LogP contribution in [0.15, 0.2) is 42.5 Å². The van der Waals surface area contributed by atoms with Crippen molar-refractivity contribution >= 4 is 0 Å². The molecular weight excluding hydrogens is 399 g/mol. The van der Waals surface area contributed by atoms with Gasteiger partial charge in [-0.25, -0.2) is 9.07 Å². The van der Waals surface area contributed by atoms with Gasteiger partial charge in [-0.15, -0.1) is 5.10 Å². The van der Waals surface area contributed by atoms with Crippen LogP contribution in [0.4, 0.5) is 4.39 Å². The van der Waals surface area contributed by atoms with Gasteiger partial charge in [0.15, 0.2) is 5.82 Å². The van der Waals surface area contributed by atoms with Gasteiger partial charge in [0.05, 0.1) is 20.8 Å². The normalized spacial score (nSPS) is 16.3. The molecule has 0 N–H and O–H groups in total. The molecule has 1 aliphatic rings. The molecule has 0 spiro atoms. The van der Waals surface area contributed by atoms with Crippen LogP contribution in [0.5, 0.6) is 11.5 Å². The Morgan fingerprint density at radius 1 is 1.00 bits per heavy atom. The van der Waals surface area contributed by atoms with E-state index in [-0.39, 0.29) is 11.9 Å². The molecule has 31 heavy (non-hydrogen) atoms. The van der Waals surface area contributed by atoms with Crippen LogP contribution >= 0.6 is 0 Å². The van der Waals surface area contributed by atoms with Crippen molar-refractivity contribution < 1.29 is 13.9 Å². The summed E-state index contributed by atoms with van der Waals surface area (Å²) in [6.07, 6.45) is 0. The van der Waals surface area contributed by atoms with Gasteiger partial charge in [0, 0.05) is 31.7 Å². The van der Waals surface area contributed by atoms with Crippen LogP contribution in [0.3, 0.4) is 0 Å². The standard InChI is InChI=1S/C22H27FN6O2/c1-27-10-12-28(13-11-27)21(19-14-18(30-2)8-9-20(19)31-3)22-24-25-26-29(22)15-16-4-6-17(23)7-5-16/h4-9,14,21H,10-13,15H2,1-3H3/t21-/m1/s1. The average molecular weight is 426 g/mol. The molecule has 1 aliphatic heterocycles. The number of rotatable bonds is 7. The number of piperazine rings is 1. The molecule has 2 aromatic carbocycles. The second-order valence-corrected chi connectivity index (χ2v) is 7.67. The van der Waals surface area contributed by atoms with Gasteiger partial charge in [0.2, 0.25) is 0 Å². The van der Waals surface area contributed by atoms with Gasteiger partial charge >= 0.3 is 0 Å². The number of ether oxygens (including phenoxy) is 2. The smallest absolute Gasteiger partial charge is 0.173 e. The Hall–Kier alpha value is -3.04. The van der Waals surface area contributed by atoms with Crippen LogP contribution in [-0.2, 0) is 6.54 Å². The lowest BCUT2D eigenvalue weighted by Gasteiger charge is -2.37. The maximum atomic E-state index is 13.3. The molecule has 0 unspecified atom stereocenters. The molecule has 164 valence electrons. The summed E-state index contributed by atoms with van der Waals surface area (Å²) in [5.41, 5.74) is 1.87. The Balaban J connectivity index is 1.76. The number of halogens is 1. The number of tetrazole rings is 1. The predicted octanol–water partition coefficient (Wildman–Crippen LogP) is 2.21. The summed E-state index contributed by atoms with van der Waals surface area (Å²) in [6, 6.07) is 11.9. The van der Waals surface area contributed by atoms with Gasteiger partial charge < -0.3 is 14.4 Å². The average Bonchev–Trinajstić information content (AvgIpc) is 3.24. The lowest BCUT2D eigenvalue weighted by atomic mass is 10.0. The number of likely N-dealkylation sites (N-methyl/N-ethyl adjacent to an activating group) is 1. The van der Waals surface area contributed by atoms with E-state index in [1.54, 1.807) is 31.0 Å². The Labute approximate surface area is 181 Å². The van der Waals surface area contributed by atoms with Crippen LogP contribution in [0, 0.1) is 5.82 Å². The van der Waals surface area contributed by atoms with Gasteiger partial charge in [-0.1, -0.05) is 12.1 Å². The molecule has 8 nitrogen and oxygen atoms in total. The SMILES string of the molecule is COc1ccc(OC)c([C@H](c2nnnn2Cc2ccc(F)cc2)N2CCN(C)CC2)c1. The van der Waals surface area contributed by atoms with Gasteiger partial charge in [0.1, 0.15) is 23.4 Å². The molecule has 1 atom stereocenters. The van der Waals surface area contributed by atoms with Gasteiger partial charge in [-0.05, 0) is 53.4 Å². The number of hydrogen-bond donors (Lipinski definition) is 0. The first kappa shape index (κ1) is 21.2. The molecule has 1 aromatic heterocycles. The highest BCUT2D eigenvalue weighted by molar-refractivity contribution is 5.44. The third kappa shape index (κ3) is 4.67. The molecule has 1 fully saturated rings. The van der Waals surface area contributed by atoms with Crippen molar-refractivity contribution in [2.24, 2.45) is 0 Å². The molecule has 0 amide bonds. The minimum absolute atomic E-state index is 0.214. The summed E-state index contributed by atoms with van der Waals surface area (Å²) in [5.74, 6) is 1.94. The Morgan fingerprint density at radius 2 is 1.74 bits per heavy atom. The zero-order chi connectivity index (χ0) is 21.8. The van der Waals surface area contributed by atoms with E-state index in [1.165, 1.54) is 12.1 Å². The summed E-state index contributed by atoms with van der Waals surface area (Å²) in [7, 11) is 5.43. The van der Waals surface area contributed by atoms with Crippen molar-refractivity contribution in [2.75, 3.05) is 47.4 Å². The first-order valence-corrected chi connectivity index (χ1v) is 10.2. The lowest BCUT2D eigenvalue weighted by molar-refractivity contribution is 0.120. The summed E-state index contributed by atoms with van der Waals surface area (Å²) in [5, 5.41) is 12.6. The lowest BCUT2D eigenvalue weighted by Crippen LogP contribution is -2.46. The second kappa shape index (κ2) is 9.40. The fourth-order valence-corrected chi connectivity index (χ4v) is 3.92. The molecule has 1 saturated heterocycles. The zero-order valence-corrected chi connectivity index (χ0v) is 18.0. The summed E-state index contributed by atoms with van der Waals surface area (Å²) < 4.78 is 26.3. The summed E-state index contributed by atoms with van der Waals surface area (Å²) in [4.78, 5) is 4.67. The number of benzene rings is 2. The van der Waals surface area contributed by atoms with Crippen molar-refractivity contribution in [3.05, 3.63) is 65.2 Å². The third-order valence-electron chi connectivity index (χ3n) is 5.68. The zero-order valence-electron chi connectivity index (χ0n) is 18.0. The van der Waals surface area contributed by atoms with E-state index in [2.05, 4.69) is 32.4 Å². The fourth-order valence-electron chi connectivity index (χ4n) is 3.92. The Kier molecular flexibility index (Phi) is 6.43. The second-order valence-electron chi connectivity index (χ2n) is 7.67. The highest BCUT2D eigenvalue weighted by Gasteiger charge is 2.32. The summed E-state index contributed by atoms with van der Waals surface area (Å²) in [6.45, 7) is 4.07. The molecule has 3 aromatic rings. The number of nitrogens with zero attached hydrogens (tertiary/aromatic N) is 6. The largest absolute Gasteiger partial charge is 0.497 e. The Morgan fingerprint density at radius 3 is 2.42 bits per heavy atom. The maximum Gasteiger partial charge on any atom is 0.173 e. The molecule has 0 radical (unpaired) electrons. The van der Waals surface area contributed by atoms with E-state index < -0.39 is 0 Å².